The summed E-state index contributed by atoms with van der Waals surface area (Å²) in [7, 11) is 0. The molecule has 0 bridgehead atoms. The molecule has 0 aliphatic heterocycles. The maximum atomic E-state index is 12.3. The standard InChI is InChI=1S/C17H25NO3/c1-16(2,3)13-9-7-6-8-12(13)14(19)18-11-10-17(4,5)15(20)21/h6-9H,10-11H2,1-5H3,(H,18,19)(H,20,21). The first-order valence-corrected chi connectivity index (χ1v) is 7.17. The molecular weight excluding hydrogens is 266 g/mol. The van der Waals surface area contributed by atoms with Crippen molar-refractivity contribution < 1.29 is 14.7 Å². The lowest BCUT2D eigenvalue weighted by Gasteiger charge is -2.23. The Morgan fingerprint density at radius 2 is 1.67 bits per heavy atom. The third-order valence-corrected chi connectivity index (χ3v) is 3.59. The van der Waals surface area contributed by atoms with Gasteiger partial charge in [-0.1, -0.05) is 39.0 Å². The molecule has 1 aromatic carbocycles. The van der Waals surface area contributed by atoms with Gasteiger partial charge >= 0.3 is 5.97 Å². The number of carboxylic acids is 1. The monoisotopic (exact) mass is 291 g/mol. The van der Waals surface area contributed by atoms with Crippen LogP contribution in [0.3, 0.4) is 0 Å². The molecular formula is C17H25NO3. The van der Waals surface area contributed by atoms with E-state index in [2.05, 4.69) is 26.1 Å². The summed E-state index contributed by atoms with van der Waals surface area (Å²) in [4.78, 5) is 23.3. The molecule has 0 saturated heterocycles. The molecule has 0 fully saturated rings. The van der Waals surface area contributed by atoms with Gasteiger partial charge in [-0.25, -0.2) is 0 Å². The molecule has 4 heteroatoms. The number of hydrogen-bond acceptors (Lipinski definition) is 2. The number of aliphatic carboxylic acids is 1. The van der Waals surface area contributed by atoms with Crippen molar-refractivity contribution in [3.8, 4) is 0 Å². The van der Waals surface area contributed by atoms with Crippen LogP contribution >= 0.6 is 0 Å². The van der Waals surface area contributed by atoms with Crippen molar-refractivity contribution in [3.05, 3.63) is 35.4 Å². The van der Waals surface area contributed by atoms with Crippen molar-refractivity contribution in [2.75, 3.05) is 6.54 Å². The Labute approximate surface area is 126 Å². The minimum atomic E-state index is -0.855. The van der Waals surface area contributed by atoms with Crippen molar-refractivity contribution in [3.63, 3.8) is 0 Å². The van der Waals surface area contributed by atoms with Crippen LogP contribution in [0.1, 0.15) is 57.0 Å². The number of amides is 1. The Morgan fingerprint density at radius 3 is 2.19 bits per heavy atom. The van der Waals surface area contributed by atoms with Crippen LogP contribution in [0.15, 0.2) is 24.3 Å². The second kappa shape index (κ2) is 6.29. The molecule has 0 spiro atoms. The maximum absolute atomic E-state index is 12.3. The molecule has 0 saturated carbocycles. The van der Waals surface area contributed by atoms with Gasteiger partial charge in [-0.15, -0.1) is 0 Å². The third-order valence-electron chi connectivity index (χ3n) is 3.59. The van der Waals surface area contributed by atoms with E-state index < -0.39 is 11.4 Å². The molecule has 21 heavy (non-hydrogen) atoms. The second-order valence-corrected chi connectivity index (χ2v) is 6.99. The van der Waals surface area contributed by atoms with Crippen molar-refractivity contribution in [1.29, 1.82) is 0 Å². The molecule has 0 heterocycles. The molecule has 1 aromatic rings. The Bertz CT molecular complexity index is 527. The van der Waals surface area contributed by atoms with E-state index >= 15 is 0 Å². The summed E-state index contributed by atoms with van der Waals surface area (Å²) in [5, 5.41) is 11.9. The lowest BCUT2D eigenvalue weighted by molar-refractivity contribution is -0.147. The Kier molecular flexibility index (Phi) is 5.15. The summed E-state index contributed by atoms with van der Waals surface area (Å²) in [6, 6.07) is 7.52. The van der Waals surface area contributed by atoms with Gasteiger partial charge in [0.15, 0.2) is 0 Å². The van der Waals surface area contributed by atoms with Crippen molar-refractivity contribution in [2.24, 2.45) is 5.41 Å². The number of carboxylic acid groups (broad SMARTS) is 1. The van der Waals surface area contributed by atoms with Crippen LogP contribution in [0.25, 0.3) is 0 Å². The van der Waals surface area contributed by atoms with E-state index in [9.17, 15) is 9.59 Å². The van der Waals surface area contributed by atoms with Gasteiger partial charge in [0.2, 0.25) is 0 Å². The summed E-state index contributed by atoms with van der Waals surface area (Å²) < 4.78 is 0. The Hall–Kier alpha value is -1.84. The molecule has 0 unspecified atom stereocenters. The molecule has 0 atom stereocenters. The molecule has 0 radical (unpaired) electrons. The van der Waals surface area contributed by atoms with Gasteiger partial charge in [0.25, 0.3) is 5.91 Å². The number of nitrogens with one attached hydrogen (secondary N) is 1. The zero-order chi connectivity index (χ0) is 16.3. The molecule has 0 aliphatic rings. The number of rotatable bonds is 5. The zero-order valence-corrected chi connectivity index (χ0v) is 13.5. The SMILES string of the molecule is CC(C)(CCNC(=O)c1ccccc1C(C)(C)C)C(=O)O. The molecule has 2 N–H and O–H groups in total. The zero-order valence-electron chi connectivity index (χ0n) is 13.5. The average Bonchev–Trinajstić information content (AvgIpc) is 2.37. The smallest absolute Gasteiger partial charge is 0.309 e. The lowest BCUT2D eigenvalue weighted by Crippen LogP contribution is -2.33. The fourth-order valence-electron chi connectivity index (χ4n) is 2.03. The first-order chi connectivity index (χ1) is 9.55. The predicted molar refractivity (Wildman–Crippen MR) is 83.5 cm³/mol. The van der Waals surface area contributed by atoms with E-state index in [1.54, 1.807) is 19.9 Å². The van der Waals surface area contributed by atoms with Crippen LogP contribution < -0.4 is 5.32 Å². The fraction of sp³-hybridized carbons (Fsp3) is 0.529. The van der Waals surface area contributed by atoms with E-state index in [-0.39, 0.29) is 11.3 Å². The summed E-state index contributed by atoms with van der Waals surface area (Å²) in [6.07, 6.45) is 0.395. The molecule has 0 aliphatic carbocycles. The van der Waals surface area contributed by atoms with E-state index in [1.807, 2.05) is 18.2 Å². The van der Waals surface area contributed by atoms with Gasteiger partial charge in [0.05, 0.1) is 5.41 Å². The lowest BCUT2D eigenvalue weighted by atomic mass is 9.83. The number of carbonyl (C=O) groups excluding carboxylic acids is 1. The first kappa shape index (κ1) is 17.2. The van der Waals surface area contributed by atoms with Crippen LogP contribution in [0, 0.1) is 5.41 Å². The summed E-state index contributed by atoms with van der Waals surface area (Å²) in [5.74, 6) is -1.01. The van der Waals surface area contributed by atoms with Gasteiger partial charge in [0.1, 0.15) is 0 Å². The number of benzene rings is 1. The van der Waals surface area contributed by atoms with Crippen LogP contribution in [0.4, 0.5) is 0 Å². The molecule has 0 aromatic heterocycles. The summed E-state index contributed by atoms with van der Waals surface area (Å²) in [5.41, 5.74) is 0.684. The molecule has 1 amide bonds. The largest absolute Gasteiger partial charge is 0.481 e. The Morgan fingerprint density at radius 1 is 1.10 bits per heavy atom. The highest BCUT2D eigenvalue weighted by molar-refractivity contribution is 5.96. The highest BCUT2D eigenvalue weighted by atomic mass is 16.4. The average molecular weight is 291 g/mol. The number of carbonyl (C=O) groups is 2. The topological polar surface area (TPSA) is 66.4 Å². The normalized spacial score (nSPS) is 12.0. The van der Waals surface area contributed by atoms with Crippen molar-refractivity contribution >= 4 is 11.9 Å². The Balaban J connectivity index is 2.76. The van der Waals surface area contributed by atoms with E-state index in [0.29, 0.717) is 18.5 Å². The highest BCUT2D eigenvalue weighted by Gasteiger charge is 2.27. The van der Waals surface area contributed by atoms with E-state index in [1.165, 1.54) is 0 Å². The van der Waals surface area contributed by atoms with Gasteiger partial charge in [-0.2, -0.15) is 0 Å². The fourth-order valence-corrected chi connectivity index (χ4v) is 2.03. The minimum Gasteiger partial charge on any atom is -0.481 e. The quantitative estimate of drug-likeness (QED) is 0.875. The van der Waals surface area contributed by atoms with Crippen LogP contribution in [-0.2, 0) is 10.2 Å². The van der Waals surface area contributed by atoms with Crippen LogP contribution in [0.5, 0.6) is 0 Å². The van der Waals surface area contributed by atoms with E-state index in [4.69, 9.17) is 5.11 Å². The van der Waals surface area contributed by atoms with Gasteiger partial charge in [-0.3, -0.25) is 9.59 Å². The summed E-state index contributed by atoms with van der Waals surface area (Å²) in [6.45, 7) is 9.84. The molecule has 4 nitrogen and oxygen atoms in total. The van der Waals surface area contributed by atoms with Crippen molar-refractivity contribution in [2.45, 2.75) is 46.5 Å². The predicted octanol–water partition coefficient (Wildman–Crippen LogP) is 3.21. The van der Waals surface area contributed by atoms with Crippen LogP contribution in [-0.4, -0.2) is 23.5 Å². The summed E-state index contributed by atoms with van der Waals surface area (Å²) >= 11 is 0. The third kappa shape index (κ3) is 4.59. The minimum absolute atomic E-state index is 0.117. The first-order valence-electron chi connectivity index (χ1n) is 7.17. The molecule has 116 valence electrons. The highest BCUT2D eigenvalue weighted by Crippen LogP contribution is 2.25. The van der Waals surface area contributed by atoms with E-state index in [0.717, 1.165) is 5.56 Å². The number of hydrogen-bond donors (Lipinski definition) is 2. The second-order valence-electron chi connectivity index (χ2n) is 6.99. The van der Waals surface area contributed by atoms with Crippen LogP contribution in [0.2, 0.25) is 0 Å². The van der Waals surface area contributed by atoms with Gasteiger partial charge < -0.3 is 10.4 Å². The van der Waals surface area contributed by atoms with Crippen molar-refractivity contribution in [1.82, 2.24) is 5.32 Å². The van der Waals surface area contributed by atoms with Gasteiger partial charge in [0, 0.05) is 12.1 Å². The molecule has 1 rings (SSSR count). The maximum Gasteiger partial charge on any atom is 0.309 e. The van der Waals surface area contributed by atoms with Gasteiger partial charge in [-0.05, 0) is 37.3 Å².